The van der Waals surface area contributed by atoms with Crippen molar-refractivity contribution in [2.75, 3.05) is 19.8 Å². The lowest BCUT2D eigenvalue weighted by molar-refractivity contribution is -0.359. The molecule has 0 aromatic heterocycles. The van der Waals surface area contributed by atoms with Gasteiger partial charge < -0.3 is 65.1 Å². The van der Waals surface area contributed by atoms with Gasteiger partial charge in [-0.25, -0.2) is 0 Å². The normalized spacial score (nSPS) is 28.2. The highest BCUT2D eigenvalue weighted by Crippen LogP contribution is 2.30. The van der Waals surface area contributed by atoms with E-state index >= 15 is 0 Å². The highest BCUT2D eigenvalue weighted by Gasteiger charge is 2.51. The molecule has 0 spiro atoms. The van der Waals surface area contributed by atoms with Crippen LogP contribution in [0.4, 0.5) is 0 Å². The molecule has 360 valence electrons. The topological polar surface area (TPSA) is 228 Å². The third-order valence-corrected chi connectivity index (χ3v) is 11.6. The number of hydrogen-bond donors (Lipinski definition) is 9. The maximum atomic E-state index is 13.1. The fraction of sp³-hybridized carbons (Fsp3) is 0.812. The van der Waals surface area contributed by atoms with E-state index in [1.54, 1.807) is 0 Å². The van der Waals surface area contributed by atoms with Crippen LogP contribution in [-0.4, -0.2) is 140 Å². The van der Waals surface area contributed by atoms with E-state index in [0.29, 0.717) is 12.8 Å². The number of amides is 1. The monoisotopic (exact) mass is 884 g/mol. The number of allylic oxidation sites excluding steroid dienone is 8. The second kappa shape index (κ2) is 35.2. The van der Waals surface area contributed by atoms with Crippen LogP contribution in [0.2, 0.25) is 0 Å². The number of nitrogens with one attached hydrogen (secondary N) is 1. The molecule has 12 unspecified atom stereocenters. The Morgan fingerprint density at radius 2 is 1.11 bits per heavy atom. The van der Waals surface area contributed by atoms with Crippen molar-refractivity contribution in [3.63, 3.8) is 0 Å². The second-order valence-corrected chi connectivity index (χ2v) is 16.9. The summed E-state index contributed by atoms with van der Waals surface area (Å²) in [7, 11) is 0. The van der Waals surface area contributed by atoms with Crippen molar-refractivity contribution in [2.45, 2.75) is 229 Å². The van der Waals surface area contributed by atoms with E-state index in [1.165, 1.54) is 32.1 Å². The molecule has 0 aromatic carbocycles. The Kier molecular flexibility index (Phi) is 31.9. The molecule has 62 heavy (non-hydrogen) atoms. The number of aliphatic hydroxyl groups is 8. The summed E-state index contributed by atoms with van der Waals surface area (Å²) in [5, 5.41) is 86.6. The Bertz CT molecular complexity index is 1230. The number of carbonyl (C=O) groups is 1. The van der Waals surface area contributed by atoms with Crippen molar-refractivity contribution in [3.05, 3.63) is 48.6 Å². The lowest BCUT2D eigenvalue weighted by Crippen LogP contribution is -2.65. The predicted molar refractivity (Wildman–Crippen MR) is 240 cm³/mol. The fourth-order valence-electron chi connectivity index (χ4n) is 7.64. The number of rotatable bonds is 35. The summed E-state index contributed by atoms with van der Waals surface area (Å²) in [6.45, 7) is 2.67. The maximum absolute atomic E-state index is 13.1. The lowest BCUT2D eigenvalue weighted by atomic mass is 9.97. The van der Waals surface area contributed by atoms with Crippen LogP contribution in [0.25, 0.3) is 0 Å². The van der Waals surface area contributed by atoms with E-state index in [0.717, 1.165) is 89.9 Å². The van der Waals surface area contributed by atoms with Crippen LogP contribution in [0.3, 0.4) is 0 Å². The van der Waals surface area contributed by atoms with Crippen molar-refractivity contribution in [1.29, 1.82) is 0 Å². The standard InChI is InChI=1S/C48H85NO13/c1-3-5-7-9-11-13-14-15-16-17-18-19-20-21-22-24-26-28-30-32-40(53)49-36(37(52)31-29-27-25-23-12-10-8-6-4-2)35-59-47-45(58)43(56)46(39(34-51)61-47)62-48-44(57)42(55)41(54)38(33-50)60-48/h5,7,11,13,15-16,18-19,36-39,41-48,50-52,54-58H,3-4,6,8-10,12,14,17,20-35H2,1-2H3,(H,49,53)/b7-5-,13-11-,16-15-,19-18-. The zero-order valence-corrected chi connectivity index (χ0v) is 37.8. The Balaban J connectivity index is 1.83. The molecule has 0 bridgehead atoms. The van der Waals surface area contributed by atoms with Crippen LogP contribution >= 0.6 is 0 Å². The lowest BCUT2D eigenvalue weighted by Gasteiger charge is -2.46. The predicted octanol–water partition coefficient (Wildman–Crippen LogP) is 5.32. The van der Waals surface area contributed by atoms with E-state index in [2.05, 4.69) is 67.8 Å². The van der Waals surface area contributed by atoms with E-state index in [1.807, 2.05) is 0 Å². The number of ether oxygens (including phenoxy) is 4. The van der Waals surface area contributed by atoms with E-state index in [4.69, 9.17) is 18.9 Å². The highest BCUT2D eigenvalue weighted by atomic mass is 16.7. The van der Waals surface area contributed by atoms with Gasteiger partial charge in [0.15, 0.2) is 12.6 Å². The number of hydrogen-bond acceptors (Lipinski definition) is 13. The molecule has 12 atom stereocenters. The molecule has 0 radical (unpaired) electrons. The largest absolute Gasteiger partial charge is 0.394 e. The van der Waals surface area contributed by atoms with Crippen molar-refractivity contribution in [2.24, 2.45) is 0 Å². The Morgan fingerprint density at radius 1 is 0.597 bits per heavy atom. The first kappa shape index (κ1) is 56.1. The van der Waals surface area contributed by atoms with Crippen LogP contribution in [0, 0.1) is 0 Å². The molecule has 2 saturated heterocycles. The molecule has 1 amide bonds. The molecular formula is C48H85NO13. The number of aliphatic hydroxyl groups excluding tert-OH is 8. The van der Waals surface area contributed by atoms with E-state index in [9.17, 15) is 45.6 Å². The summed E-state index contributed by atoms with van der Waals surface area (Å²) in [4.78, 5) is 13.1. The van der Waals surface area contributed by atoms with Crippen LogP contribution in [0.5, 0.6) is 0 Å². The minimum atomic E-state index is -1.78. The summed E-state index contributed by atoms with van der Waals surface area (Å²) in [6.07, 6.45) is 22.7. The first-order valence-corrected chi connectivity index (χ1v) is 23.9. The highest BCUT2D eigenvalue weighted by molar-refractivity contribution is 5.76. The van der Waals surface area contributed by atoms with Gasteiger partial charge in [0, 0.05) is 6.42 Å². The first-order chi connectivity index (χ1) is 30.1. The van der Waals surface area contributed by atoms with Crippen molar-refractivity contribution < 1.29 is 64.6 Å². The van der Waals surface area contributed by atoms with Gasteiger partial charge >= 0.3 is 0 Å². The average Bonchev–Trinajstić information content (AvgIpc) is 3.27. The number of unbranched alkanes of at least 4 members (excludes halogenated alkanes) is 14. The van der Waals surface area contributed by atoms with Gasteiger partial charge in [-0.2, -0.15) is 0 Å². The minimum absolute atomic E-state index is 0.226. The Morgan fingerprint density at radius 3 is 1.71 bits per heavy atom. The summed E-state index contributed by atoms with van der Waals surface area (Å²) < 4.78 is 22.7. The molecule has 14 heteroatoms. The molecule has 2 heterocycles. The third kappa shape index (κ3) is 22.7. The molecule has 2 aliphatic rings. The molecule has 0 aromatic rings. The summed E-state index contributed by atoms with van der Waals surface area (Å²) >= 11 is 0. The Labute approximate surface area is 372 Å². The van der Waals surface area contributed by atoms with E-state index < -0.39 is 86.8 Å². The van der Waals surface area contributed by atoms with Crippen molar-refractivity contribution in [1.82, 2.24) is 5.32 Å². The molecule has 0 aliphatic carbocycles. The molecule has 2 rings (SSSR count). The summed E-state index contributed by atoms with van der Waals surface area (Å²) in [5.41, 5.74) is 0. The van der Waals surface area contributed by atoms with Gasteiger partial charge in [-0.15, -0.1) is 0 Å². The molecule has 2 aliphatic heterocycles. The second-order valence-electron chi connectivity index (χ2n) is 16.9. The fourth-order valence-corrected chi connectivity index (χ4v) is 7.64. The van der Waals surface area contributed by atoms with Crippen LogP contribution in [0.1, 0.15) is 155 Å². The van der Waals surface area contributed by atoms with Gasteiger partial charge in [-0.1, -0.05) is 146 Å². The zero-order chi connectivity index (χ0) is 45.4. The van der Waals surface area contributed by atoms with E-state index in [-0.39, 0.29) is 18.9 Å². The van der Waals surface area contributed by atoms with Crippen molar-refractivity contribution >= 4 is 5.91 Å². The smallest absolute Gasteiger partial charge is 0.220 e. The van der Waals surface area contributed by atoms with Gasteiger partial charge in [0.2, 0.25) is 5.91 Å². The summed E-state index contributed by atoms with van der Waals surface area (Å²) in [6, 6.07) is -0.835. The van der Waals surface area contributed by atoms with Crippen LogP contribution < -0.4 is 5.32 Å². The maximum Gasteiger partial charge on any atom is 0.220 e. The molecule has 2 fully saturated rings. The first-order valence-electron chi connectivity index (χ1n) is 23.9. The van der Waals surface area contributed by atoms with Crippen LogP contribution in [-0.2, 0) is 23.7 Å². The number of carbonyl (C=O) groups excluding carboxylic acids is 1. The average molecular weight is 884 g/mol. The van der Waals surface area contributed by atoms with Gasteiger partial charge in [0.25, 0.3) is 0 Å². The van der Waals surface area contributed by atoms with Gasteiger partial charge in [-0.3, -0.25) is 4.79 Å². The Hall–Kier alpha value is -2.05. The third-order valence-electron chi connectivity index (χ3n) is 11.6. The quantitative estimate of drug-likeness (QED) is 0.0291. The minimum Gasteiger partial charge on any atom is -0.394 e. The van der Waals surface area contributed by atoms with Gasteiger partial charge in [0.1, 0.15) is 48.8 Å². The molecule has 9 N–H and O–H groups in total. The molecule has 0 saturated carbocycles. The van der Waals surface area contributed by atoms with Crippen LogP contribution in [0.15, 0.2) is 48.6 Å². The zero-order valence-electron chi connectivity index (χ0n) is 37.8. The summed E-state index contributed by atoms with van der Waals surface area (Å²) in [5.74, 6) is -0.226. The van der Waals surface area contributed by atoms with Gasteiger partial charge in [0.05, 0.1) is 32.0 Å². The SMILES string of the molecule is CC/C=C\C/C=C\C/C=C\C/C=C\CCCCCCCCC(=O)NC(COC1OC(CO)C(OC2OC(CO)C(O)C(O)C2O)C(O)C1O)C(O)CCCCCCCCCCC. The molecular weight excluding hydrogens is 799 g/mol. The van der Waals surface area contributed by atoms with Crippen molar-refractivity contribution in [3.8, 4) is 0 Å². The molecule has 14 nitrogen and oxygen atoms in total. The van der Waals surface area contributed by atoms with Gasteiger partial charge in [-0.05, 0) is 51.4 Å².